The van der Waals surface area contributed by atoms with Crippen molar-refractivity contribution in [3.63, 3.8) is 0 Å². The van der Waals surface area contributed by atoms with Crippen LogP contribution >= 0.6 is 12.4 Å². The minimum atomic E-state index is -0.743. The first-order chi connectivity index (χ1) is 4.84. The number of rotatable bonds is 2. The van der Waals surface area contributed by atoms with Gasteiger partial charge >= 0.3 is 0 Å². The molecule has 1 aliphatic heterocycles. The van der Waals surface area contributed by atoms with Crippen LogP contribution in [-0.4, -0.2) is 48.7 Å². The molecule has 0 radical (unpaired) electrons. The maximum atomic E-state index is 9.07. The number of nitrogens with one attached hydrogen (secondary N) is 1. The topological polar surface area (TPSA) is 61.7 Å². The molecule has 0 amide bonds. The highest BCUT2D eigenvalue weighted by atomic mass is 35.5. The zero-order chi connectivity index (χ0) is 7.40. The van der Waals surface area contributed by atoms with Gasteiger partial charge in [-0.25, -0.2) is 0 Å². The van der Waals surface area contributed by atoms with Gasteiger partial charge in [0.05, 0.1) is 19.3 Å². The number of hydrogen-bond acceptors (Lipinski definition) is 4. The van der Waals surface area contributed by atoms with E-state index >= 15 is 0 Å². The van der Waals surface area contributed by atoms with Crippen LogP contribution in [0.15, 0.2) is 0 Å². The van der Waals surface area contributed by atoms with Gasteiger partial charge in [-0.3, -0.25) is 0 Å². The number of aliphatic hydroxyl groups excluding tert-OH is 2. The average Bonchev–Trinajstić information content (AvgIpc) is 2.05. The van der Waals surface area contributed by atoms with Crippen LogP contribution < -0.4 is 5.32 Å². The molecule has 2 atom stereocenters. The highest BCUT2D eigenvalue weighted by Gasteiger charge is 2.20. The largest absolute Gasteiger partial charge is 0.394 e. The molecule has 0 bridgehead atoms. The maximum absolute atomic E-state index is 9.07. The molecular formula is C6H14ClNO3. The third-order valence-corrected chi connectivity index (χ3v) is 1.57. The molecule has 1 aliphatic rings. The number of morpholine rings is 1. The van der Waals surface area contributed by atoms with Crippen molar-refractivity contribution in [1.29, 1.82) is 0 Å². The molecule has 5 heteroatoms. The smallest absolute Gasteiger partial charge is 0.104 e. The van der Waals surface area contributed by atoms with Gasteiger partial charge in [0.1, 0.15) is 6.10 Å². The SMILES string of the molecule is Cl.OCC(O)C1CNCCO1. The Morgan fingerprint density at radius 2 is 2.36 bits per heavy atom. The van der Waals surface area contributed by atoms with Gasteiger partial charge in [0.25, 0.3) is 0 Å². The Morgan fingerprint density at radius 3 is 2.82 bits per heavy atom. The van der Waals surface area contributed by atoms with Crippen LogP contribution in [-0.2, 0) is 4.74 Å². The summed E-state index contributed by atoms with van der Waals surface area (Å²) in [5.74, 6) is 0. The lowest BCUT2D eigenvalue weighted by Gasteiger charge is -2.26. The molecule has 1 rings (SSSR count). The third kappa shape index (κ3) is 3.35. The van der Waals surface area contributed by atoms with Gasteiger partial charge < -0.3 is 20.3 Å². The van der Waals surface area contributed by atoms with E-state index in [1.165, 1.54) is 0 Å². The van der Waals surface area contributed by atoms with Crippen LogP contribution in [0.5, 0.6) is 0 Å². The second-order valence-corrected chi connectivity index (χ2v) is 2.36. The van der Waals surface area contributed by atoms with Crippen molar-refractivity contribution in [3.05, 3.63) is 0 Å². The second kappa shape index (κ2) is 5.74. The molecule has 0 aromatic heterocycles. The standard InChI is InChI=1S/C6H13NO3.ClH/c8-4-5(9)6-3-7-1-2-10-6;/h5-9H,1-4H2;1H. The molecule has 11 heavy (non-hydrogen) atoms. The summed E-state index contributed by atoms with van der Waals surface area (Å²) in [4.78, 5) is 0. The summed E-state index contributed by atoms with van der Waals surface area (Å²) in [7, 11) is 0. The minimum Gasteiger partial charge on any atom is -0.394 e. The Hall–Kier alpha value is 0.130. The molecule has 68 valence electrons. The fourth-order valence-electron chi connectivity index (χ4n) is 0.950. The molecule has 1 fully saturated rings. The lowest BCUT2D eigenvalue weighted by Crippen LogP contribution is -2.46. The molecule has 0 aromatic carbocycles. The van der Waals surface area contributed by atoms with E-state index in [0.717, 1.165) is 6.54 Å². The Labute approximate surface area is 72.0 Å². The van der Waals surface area contributed by atoms with Gasteiger partial charge in [0.2, 0.25) is 0 Å². The first-order valence-corrected chi connectivity index (χ1v) is 3.46. The quantitative estimate of drug-likeness (QED) is 0.501. The average molecular weight is 184 g/mol. The summed E-state index contributed by atoms with van der Waals surface area (Å²) in [6.45, 7) is 1.84. The van der Waals surface area contributed by atoms with Crippen LogP contribution in [0.2, 0.25) is 0 Å². The monoisotopic (exact) mass is 183 g/mol. The molecule has 0 aliphatic carbocycles. The highest BCUT2D eigenvalue weighted by molar-refractivity contribution is 5.85. The number of halogens is 1. The Balaban J connectivity index is 0.000001000. The van der Waals surface area contributed by atoms with E-state index in [-0.39, 0.29) is 25.1 Å². The Kier molecular flexibility index (Phi) is 5.81. The molecule has 0 saturated carbocycles. The van der Waals surface area contributed by atoms with Gasteiger partial charge in [-0.05, 0) is 0 Å². The predicted octanol–water partition coefficient (Wildman–Crippen LogP) is -1.25. The van der Waals surface area contributed by atoms with E-state index in [0.29, 0.717) is 13.2 Å². The minimum absolute atomic E-state index is 0. The molecule has 3 N–H and O–H groups in total. The van der Waals surface area contributed by atoms with Crippen molar-refractivity contribution in [3.8, 4) is 0 Å². The first kappa shape index (κ1) is 11.1. The summed E-state index contributed by atoms with van der Waals surface area (Å²) >= 11 is 0. The lowest BCUT2D eigenvalue weighted by molar-refractivity contribution is -0.0698. The fourth-order valence-corrected chi connectivity index (χ4v) is 0.950. The van der Waals surface area contributed by atoms with Gasteiger partial charge in [-0.2, -0.15) is 0 Å². The fraction of sp³-hybridized carbons (Fsp3) is 1.00. The van der Waals surface area contributed by atoms with Crippen molar-refractivity contribution in [2.45, 2.75) is 12.2 Å². The number of ether oxygens (including phenoxy) is 1. The molecule has 1 heterocycles. The van der Waals surface area contributed by atoms with Crippen LogP contribution in [0.3, 0.4) is 0 Å². The van der Waals surface area contributed by atoms with Crippen molar-refractivity contribution in [2.75, 3.05) is 26.3 Å². The first-order valence-electron chi connectivity index (χ1n) is 3.46. The Morgan fingerprint density at radius 1 is 1.64 bits per heavy atom. The van der Waals surface area contributed by atoms with Crippen LogP contribution in [0.4, 0.5) is 0 Å². The van der Waals surface area contributed by atoms with Gasteiger partial charge in [-0.15, -0.1) is 12.4 Å². The normalized spacial score (nSPS) is 27.3. The summed E-state index contributed by atoms with van der Waals surface area (Å²) in [5, 5.41) is 20.7. The van der Waals surface area contributed by atoms with E-state index in [4.69, 9.17) is 14.9 Å². The third-order valence-electron chi connectivity index (χ3n) is 1.57. The summed E-state index contributed by atoms with van der Waals surface area (Å²) in [5.41, 5.74) is 0. The van der Waals surface area contributed by atoms with E-state index in [1.54, 1.807) is 0 Å². The zero-order valence-corrected chi connectivity index (χ0v) is 7.01. The number of aliphatic hydroxyl groups is 2. The maximum Gasteiger partial charge on any atom is 0.104 e. The summed E-state index contributed by atoms with van der Waals surface area (Å²) < 4.78 is 5.16. The lowest BCUT2D eigenvalue weighted by atomic mass is 10.2. The summed E-state index contributed by atoms with van der Waals surface area (Å²) in [6.07, 6.45) is -0.980. The van der Waals surface area contributed by atoms with E-state index < -0.39 is 6.10 Å². The van der Waals surface area contributed by atoms with Gasteiger partial charge in [-0.1, -0.05) is 0 Å². The van der Waals surface area contributed by atoms with E-state index in [2.05, 4.69) is 5.32 Å². The predicted molar refractivity (Wildman–Crippen MR) is 43.0 cm³/mol. The highest BCUT2D eigenvalue weighted by Crippen LogP contribution is 2.00. The zero-order valence-electron chi connectivity index (χ0n) is 6.19. The molecule has 0 spiro atoms. The van der Waals surface area contributed by atoms with E-state index in [9.17, 15) is 0 Å². The Bertz CT molecular complexity index is 97.8. The molecule has 1 saturated heterocycles. The van der Waals surface area contributed by atoms with Crippen molar-refractivity contribution >= 4 is 12.4 Å². The molecule has 2 unspecified atom stereocenters. The van der Waals surface area contributed by atoms with Crippen molar-refractivity contribution in [1.82, 2.24) is 5.32 Å². The molecular weight excluding hydrogens is 170 g/mol. The summed E-state index contributed by atoms with van der Waals surface area (Å²) in [6, 6.07) is 0. The molecule has 4 nitrogen and oxygen atoms in total. The second-order valence-electron chi connectivity index (χ2n) is 2.36. The van der Waals surface area contributed by atoms with Crippen LogP contribution in [0.25, 0.3) is 0 Å². The van der Waals surface area contributed by atoms with Crippen LogP contribution in [0, 0.1) is 0 Å². The van der Waals surface area contributed by atoms with Gasteiger partial charge in [0, 0.05) is 13.1 Å². The van der Waals surface area contributed by atoms with Crippen molar-refractivity contribution in [2.24, 2.45) is 0 Å². The van der Waals surface area contributed by atoms with E-state index in [1.807, 2.05) is 0 Å². The van der Waals surface area contributed by atoms with Crippen molar-refractivity contribution < 1.29 is 14.9 Å². The number of hydrogen-bond donors (Lipinski definition) is 3. The molecule has 0 aromatic rings. The van der Waals surface area contributed by atoms with Gasteiger partial charge in [0.15, 0.2) is 0 Å². The van der Waals surface area contributed by atoms with Crippen LogP contribution in [0.1, 0.15) is 0 Å².